The maximum absolute atomic E-state index is 12.9. The third-order valence-electron chi connectivity index (χ3n) is 6.10. The van der Waals surface area contributed by atoms with E-state index in [1.165, 1.54) is 4.90 Å². The lowest BCUT2D eigenvalue weighted by molar-refractivity contribution is -0.136. The number of methoxy groups -OCH3 is 1. The van der Waals surface area contributed by atoms with Crippen LogP contribution in [0.15, 0.2) is 42.6 Å². The van der Waals surface area contributed by atoms with E-state index in [1.807, 2.05) is 36.0 Å². The minimum absolute atomic E-state index is 0.198. The summed E-state index contributed by atoms with van der Waals surface area (Å²) in [5.74, 6) is 0.448. The van der Waals surface area contributed by atoms with Crippen molar-refractivity contribution in [3.8, 4) is 28.4 Å². The predicted molar refractivity (Wildman–Crippen MR) is 122 cm³/mol. The second kappa shape index (κ2) is 8.04. The van der Waals surface area contributed by atoms with Crippen molar-refractivity contribution in [3.05, 3.63) is 58.7 Å². The number of aryl methyl sites for hydroxylation is 1. The van der Waals surface area contributed by atoms with E-state index in [2.05, 4.69) is 5.32 Å². The van der Waals surface area contributed by atoms with Crippen LogP contribution in [-0.2, 0) is 23.2 Å². The van der Waals surface area contributed by atoms with Crippen molar-refractivity contribution in [2.75, 3.05) is 7.11 Å². The Kier molecular flexibility index (Phi) is 5.17. The number of imidazole rings is 1. The Morgan fingerprint density at radius 2 is 1.94 bits per heavy atom. The van der Waals surface area contributed by atoms with Gasteiger partial charge in [-0.15, -0.1) is 0 Å². The van der Waals surface area contributed by atoms with Gasteiger partial charge in [0.15, 0.2) is 0 Å². The Morgan fingerprint density at radius 3 is 2.70 bits per heavy atom. The summed E-state index contributed by atoms with van der Waals surface area (Å²) in [5.41, 5.74) is 3.77. The number of imide groups is 1. The molecule has 168 valence electrons. The van der Waals surface area contributed by atoms with Crippen molar-refractivity contribution in [1.29, 1.82) is 0 Å². The van der Waals surface area contributed by atoms with Crippen LogP contribution in [0.2, 0.25) is 5.02 Å². The zero-order valence-electron chi connectivity index (χ0n) is 18.1. The predicted octanol–water partition coefficient (Wildman–Crippen LogP) is 3.18. The lowest BCUT2D eigenvalue weighted by Gasteiger charge is -2.29. The molecule has 0 aliphatic carbocycles. The van der Waals surface area contributed by atoms with E-state index in [-0.39, 0.29) is 18.2 Å². The fourth-order valence-corrected chi connectivity index (χ4v) is 4.62. The fourth-order valence-electron chi connectivity index (χ4n) is 4.44. The summed E-state index contributed by atoms with van der Waals surface area (Å²) >= 11 is 6.20. The molecule has 1 saturated heterocycles. The van der Waals surface area contributed by atoms with Crippen LogP contribution in [0.1, 0.15) is 28.8 Å². The molecule has 2 aliphatic heterocycles. The lowest BCUT2D eigenvalue weighted by Crippen LogP contribution is -2.52. The summed E-state index contributed by atoms with van der Waals surface area (Å²) in [6.07, 6.45) is 2.47. The molecule has 1 fully saturated rings. The summed E-state index contributed by atoms with van der Waals surface area (Å²) in [6.45, 7) is 0.316. The highest BCUT2D eigenvalue weighted by Crippen LogP contribution is 2.35. The van der Waals surface area contributed by atoms with Gasteiger partial charge in [0.1, 0.15) is 17.6 Å². The molecule has 1 unspecified atom stereocenters. The Balaban J connectivity index is 1.46. The molecule has 0 radical (unpaired) electrons. The van der Waals surface area contributed by atoms with Crippen molar-refractivity contribution in [3.63, 3.8) is 0 Å². The number of nitrogens with zero attached hydrogens (tertiary/aromatic N) is 3. The molecule has 3 amide bonds. The number of piperidine rings is 1. The molecule has 1 N–H and O–H groups in total. The molecule has 3 aromatic rings. The number of aromatic nitrogens is 2. The van der Waals surface area contributed by atoms with Crippen LogP contribution < -0.4 is 10.1 Å². The van der Waals surface area contributed by atoms with Gasteiger partial charge in [-0.1, -0.05) is 17.7 Å². The second-order valence-corrected chi connectivity index (χ2v) is 8.61. The number of benzene rings is 2. The van der Waals surface area contributed by atoms with Crippen LogP contribution in [0.25, 0.3) is 22.6 Å². The molecular formula is C24H21ClN4O4. The van der Waals surface area contributed by atoms with Gasteiger partial charge in [0.2, 0.25) is 11.8 Å². The first-order chi connectivity index (χ1) is 15.9. The Labute approximate surface area is 195 Å². The average molecular weight is 465 g/mol. The number of carbonyl (C=O) groups is 3. The van der Waals surface area contributed by atoms with Crippen molar-refractivity contribution in [1.82, 2.24) is 19.8 Å². The highest BCUT2D eigenvalue weighted by atomic mass is 35.5. The number of carbonyl (C=O) groups excluding carboxylic acids is 3. The lowest BCUT2D eigenvalue weighted by atomic mass is 10.0. The largest absolute Gasteiger partial charge is 0.496 e. The van der Waals surface area contributed by atoms with Crippen LogP contribution in [-0.4, -0.2) is 45.3 Å². The van der Waals surface area contributed by atoms with E-state index in [0.29, 0.717) is 35.1 Å². The molecule has 0 bridgehead atoms. The summed E-state index contributed by atoms with van der Waals surface area (Å²) in [7, 11) is 3.50. The van der Waals surface area contributed by atoms with Crippen molar-refractivity contribution in [2.24, 2.45) is 7.05 Å². The van der Waals surface area contributed by atoms with Gasteiger partial charge >= 0.3 is 0 Å². The Morgan fingerprint density at radius 1 is 1.12 bits per heavy atom. The monoisotopic (exact) mass is 464 g/mol. The van der Waals surface area contributed by atoms with Gasteiger partial charge < -0.3 is 14.2 Å². The topological polar surface area (TPSA) is 93.5 Å². The first-order valence-electron chi connectivity index (χ1n) is 10.5. The van der Waals surface area contributed by atoms with E-state index in [1.54, 1.807) is 25.3 Å². The quantitative estimate of drug-likeness (QED) is 0.598. The number of fused-ring (bicyclic) bond motifs is 1. The molecule has 8 nitrogen and oxygen atoms in total. The van der Waals surface area contributed by atoms with Gasteiger partial charge in [0.25, 0.3) is 5.91 Å². The first kappa shape index (κ1) is 21.2. The zero-order valence-corrected chi connectivity index (χ0v) is 18.8. The normalized spacial score (nSPS) is 17.8. The van der Waals surface area contributed by atoms with E-state index < -0.39 is 11.9 Å². The van der Waals surface area contributed by atoms with Crippen molar-refractivity contribution >= 4 is 29.3 Å². The third-order valence-corrected chi connectivity index (χ3v) is 6.33. The molecule has 0 spiro atoms. The third kappa shape index (κ3) is 3.66. The molecular weight excluding hydrogens is 444 g/mol. The summed E-state index contributed by atoms with van der Waals surface area (Å²) in [6, 6.07) is 10.3. The van der Waals surface area contributed by atoms with E-state index >= 15 is 0 Å². The molecule has 33 heavy (non-hydrogen) atoms. The second-order valence-electron chi connectivity index (χ2n) is 8.18. The van der Waals surface area contributed by atoms with Crippen LogP contribution >= 0.6 is 11.6 Å². The van der Waals surface area contributed by atoms with Crippen molar-refractivity contribution in [2.45, 2.75) is 25.4 Å². The molecule has 5 rings (SSSR count). The fraction of sp³-hybridized carbons (Fsp3) is 0.250. The highest BCUT2D eigenvalue weighted by Gasteiger charge is 2.39. The van der Waals surface area contributed by atoms with E-state index in [0.717, 1.165) is 22.4 Å². The van der Waals surface area contributed by atoms with Crippen LogP contribution in [0.3, 0.4) is 0 Å². The van der Waals surface area contributed by atoms with Gasteiger partial charge in [0.05, 0.1) is 18.4 Å². The maximum atomic E-state index is 12.9. The number of rotatable bonds is 4. The standard InChI is InChI=1S/C24H21ClN4O4/c1-28-12-18(26-22(28)17-10-15(25)4-7-20(17)33-2)13-3-5-16-14(9-13)11-29(24(16)32)19-6-8-21(30)27-23(19)31/h3-5,7,9-10,12,19H,6,8,11H2,1-2H3,(H,27,30,31). The number of ether oxygens (including phenoxy) is 1. The molecule has 1 atom stereocenters. The summed E-state index contributed by atoms with van der Waals surface area (Å²) in [5, 5.41) is 2.91. The zero-order chi connectivity index (χ0) is 23.3. The van der Waals surface area contributed by atoms with Gasteiger partial charge in [-0.3, -0.25) is 19.7 Å². The Hall–Kier alpha value is -3.65. The molecule has 2 aliphatic rings. The number of halogens is 1. The van der Waals surface area contributed by atoms with Gasteiger partial charge in [-0.05, 0) is 42.3 Å². The number of hydrogen-bond acceptors (Lipinski definition) is 5. The summed E-state index contributed by atoms with van der Waals surface area (Å²) < 4.78 is 7.37. The summed E-state index contributed by atoms with van der Waals surface area (Å²) in [4.78, 5) is 43.0. The smallest absolute Gasteiger partial charge is 0.255 e. The highest BCUT2D eigenvalue weighted by molar-refractivity contribution is 6.31. The first-order valence-corrected chi connectivity index (χ1v) is 10.9. The molecule has 3 heterocycles. The number of hydrogen-bond donors (Lipinski definition) is 1. The minimum atomic E-state index is -0.636. The molecule has 9 heteroatoms. The average Bonchev–Trinajstić information content (AvgIpc) is 3.33. The van der Waals surface area contributed by atoms with Gasteiger partial charge in [0, 0.05) is 42.4 Å². The van der Waals surface area contributed by atoms with Gasteiger partial charge in [-0.2, -0.15) is 0 Å². The number of nitrogens with one attached hydrogen (secondary N) is 1. The minimum Gasteiger partial charge on any atom is -0.496 e. The van der Waals surface area contributed by atoms with Crippen molar-refractivity contribution < 1.29 is 19.1 Å². The van der Waals surface area contributed by atoms with E-state index in [4.69, 9.17) is 21.3 Å². The van der Waals surface area contributed by atoms with Crippen LogP contribution in [0, 0.1) is 0 Å². The van der Waals surface area contributed by atoms with E-state index in [9.17, 15) is 14.4 Å². The molecule has 2 aromatic carbocycles. The molecule has 1 aromatic heterocycles. The SMILES string of the molecule is COc1ccc(Cl)cc1-c1nc(-c2ccc3c(c2)CN(C2CCC(=O)NC2=O)C3=O)cn1C. The van der Waals surface area contributed by atoms with Crippen LogP contribution in [0.4, 0.5) is 0 Å². The maximum Gasteiger partial charge on any atom is 0.255 e. The Bertz CT molecular complexity index is 1320. The van der Waals surface area contributed by atoms with Crippen LogP contribution in [0.5, 0.6) is 5.75 Å². The molecule has 0 saturated carbocycles. The number of amides is 3. The van der Waals surface area contributed by atoms with Gasteiger partial charge in [-0.25, -0.2) is 4.98 Å².